The number of hydrogen-bond acceptors (Lipinski definition) is 4. The van der Waals surface area contributed by atoms with Crippen LogP contribution >= 0.6 is 0 Å². The molecule has 0 aliphatic carbocycles. The summed E-state index contributed by atoms with van der Waals surface area (Å²) in [4.78, 5) is 0. The molecule has 0 bridgehead atoms. The smallest absolute Gasteiger partial charge is 0.147 e. The second-order valence-electron chi connectivity index (χ2n) is 4.82. The Balaban J connectivity index is 2.88. The van der Waals surface area contributed by atoms with Gasteiger partial charge in [0.05, 0.1) is 11.4 Å². The molecule has 0 atom stereocenters. The van der Waals surface area contributed by atoms with E-state index in [4.69, 9.17) is 0 Å². The van der Waals surface area contributed by atoms with Gasteiger partial charge in [0.2, 0.25) is 0 Å². The maximum Gasteiger partial charge on any atom is 0.147 e. The lowest BCUT2D eigenvalue weighted by Crippen LogP contribution is -2.12. The van der Waals surface area contributed by atoms with E-state index in [1.54, 1.807) is 0 Å². The van der Waals surface area contributed by atoms with E-state index in [1.165, 1.54) is 17.5 Å². The van der Waals surface area contributed by atoms with Crippen molar-refractivity contribution in [3.8, 4) is 0 Å². The predicted octanol–water partition coefficient (Wildman–Crippen LogP) is 1.16. The van der Waals surface area contributed by atoms with Crippen LogP contribution in [0.2, 0.25) is 0 Å². The van der Waals surface area contributed by atoms with Crippen LogP contribution in [-0.4, -0.2) is 37.3 Å². The van der Waals surface area contributed by atoms with Crippen LogP contribution in [0.25, 0.3) is 0 Å². The summed E-state index contributed by atoms with van der Waals surface area (Å²) in [7, 11) is -0.956. The van der Waals surface area contributed by atoms with E-state index >= 15 is 0 Å². The standard InChI is InChI=1S/C13H25N3O2S/c1-5-12-11(10-14-3)13(6-2)16(15-12)8-7-9-19(4,17)18/h14H,5-10H2,1-4H3. The lowest BCUT2D eigenvalue weighted by atomic mass is 10.1. The van der Waals surface area contributed by atoms with E-state index in [2.05, 4.69) is 24.3 Å². The molecule has 0 saturated heterocycles. The highest BCUT2D eigenvalue weighted by Crippen LogP contribution is 2.16. The first-order valence-corrected chi connectivity index (χ1v) is 8.88. The summed E-state index contributed by atoms with van der Waals surface area (Å²) in [5, 5.41) is 7.80. The highest BCUT2D eigenvalue weighted by atomic mass is 32.2. The van der Waals surface area contributed by atoms with Crippen LogP contribution in [0.1, 0.15) is 37.2 Å². The van der Waals surface area contributed by atoms with Crippen LogP contribution in [0.15, 0.2) is 0 Å². The van der Waals surface area contributed by atoms with Gasteiger partial charge in [-0.05, 0) is 26.3 Å². The normalized spacial score (nSPS) is 12.0. The van der Waals surface area contributed by atoms with Crippen LogP contribution in [0.5, 0.6) is 0 Å². The monoisotopic (exact) mass is 287 g/mol. The molecule has 19 heavy (non-hydrogen) atoms. The van der Waals surface area contributed by atoms with E-state index in [9.17, 15) is 8.42 Å². The Morgan fingerprint density at radius 2 is 1.95 bits per heavy atom. The van der Waals surface area contributed by atoms with Gasteiger partial charge in [-0.25, -0.2) is 8.42 Å². The van der Waals surface area contributed by atoms with Crippen molar-refractivity contribution in [1.82, 2.24) is 15.1 Å². The Morgan fingerprint density at radius 3 is 2.42 bits per heavy atom. The molecule has 6 heteroatoms. The first kappa shape index (κ1) is 16.2. The van der Waals surface area contributed by atoms with Crippen LogP contribution in [0, 0.1) is 0 Å². The summed E-state index contributed by atoms with van der Waals surface area (Å²) in [6.07, 6.45) is 3.72. The highest BCUT2D eigenvalue weighted by molar-refractivity contribution is 7.90. The molecule has 5 nitrogen and oxygen atoms in total. The van der Waals surface area contributed by atoms with Gasteiger partial charge < -0.3 is 5.32 Å². The van der Waals surface area contributed by atoms with Crippen molar-refractivity contribution in [3.63, 3.8) is 0 Å². The molecular weight excluding hydrogens is 262 g/mol. The minimum atomic E-state index is -2.89. The summed E-state index contributed by atoms with van der Waals surface area (Å²) in [6, 6.07) is 0. The Bertz CT molecular complexity index is 506. The summed E-state index contributed by atoms with van der Waals surface area (Å²) in [5.74, 6) is 0.221. The van der Waals surface area contributed by atoms with E-state index in [1.807, 2.05) is 11.7 Å². The highest BCUT2D eigenvalue weighted by Gasteiger charge is 2.14. The second kappa shape index (κ2) is 7.05. The molecule has 0 aliphatic rings. The molecule has 1 rings (SSSR count). The van der Waals surface area contributed by atoms with E-state index in [0.29, 0.717) is 13.0 Å². The number of rotatable bonds is 8. The molecular formula is C13H25N3O2S. The zero-order valence-electron chi connectivity index (χ0n) is 12.4. The lowest BCUT2D eigenvalue weighted by Gasteiger charge is -2.07. The lowest BCUT2D eigenvalue weighted by molar-refractivity contribution is 0.558. The van der Waals surface area contributed by atoms with Crippen molar-refractivity contribution in [2.75, 3.05) is 19.1 Å². The molecule has 1 heterocycles. The van der Waals surface area contributed by atoms with Gasteiger partial charge in [0.15, 0.2) is 0 Å². The second-order valence-corrected chi connectivity index (χ2v) is 7.08. The molecule has 0 aromatic carbocycles. The maximum atomic E-state index is 11.2. The van der Waals surface area contributed by atoms with Crippen molar-refractivity contribution in [1.29, 1.82) is 0 Å². The Labute approximate surface area is 116 Å². The molecule has 110 valence electrons. The van der Waals surface area contributed by atoms with E-state index in [0.717, 1.165) is 25.1 Å². The summed E-state index contributed by atoms with van der Waals surface area (Å²) >= 11 is 0. The SMILES string of the molecule is CCc1nn(CCCS(C)(=O)=O)c(CC)c1CNC. The number of hydrogen-bond donors (Lipinski definition) is 1. The molecule has 1 N–H and O–H groups in total. The van der Waals surface area contributed by atoms with Crippen molar-refractivity contribution >= 4 is 9.84 Å². The average molecular weight is 287 g/mol. The van der Waals surface area contributed by atoms with Crippen LogP contribution in [0.3, 0.4) is 0 Å². The van der Waals surface area contributed by atoms with Crippen LogP contribution in [0.4, 0.5) is 0 Å². The van der Waals surface area contributed by atoms with E-state index in [-0.39, 0.29) is 5.75 Å². The zero-order valence-corrected chi connectivity index (χ0v) is 13.2. The van der Waals surface area contributed by atoms with Gasteiger partial charge in [-0.15, -0.1) is 0 Å². The molecule has 0 radical (unpaired) electrons. The number of aryl methyl sites for hydroxylation is 2. The third-order valence-electron chi connectivity index (χ3n) is 3.16. The van der Waals surface area contributed by atoms with Gasteiger partial charge in [0.1, 0.15) is 9.84 Å². The zero-order chi connectivity index (χ0) is 14.5. The van der Waals surface area contributed by atoms with Gasteiger partial charge in [-0.1, -0.05) is 13.8 Å². The van der Waals surface area contributed by atoms with Gasteiger partial charge in [0, 0.05) is 30.6 Å². The first-order valence-electron chi connectivity index (χ1n) is 6.82. The largest absolute Gasteiger partial charge is 0.316 e. The van der Waals surface area contributed by atoms with Gasteiger partial charge in [-0.2, -0.15) is 5.10 Å². The summed E-state index contributed by atoms with van der Waals surface area (Å²) < 4.78 is 24.3. The topological polar surface area (TPSA) is 64.0 Å². The number of aromatic nitrogens is 2. The molecule has 0 amide bonds. The average Bonchev–Trinajstić information content (AvgIpc) is 2.65. The fraction of sp³-hybridized carbons (Fsp3) is 0.769. The quantitative estimate of drug-likeness (QED) is 0.779. The molecule has 0 fully saturated rings. The minimum Gasteiger partial charge on any atom is -0.316 e. The molecule has 0 saturated carbocycles. The Kier molecular flexibility index (Phi) is 6.00. The molecule has 0 aliphatic heterocycles. The maximum absolute atomic E-state index is 11.2. The van der Waals surface area contributed by atoms with Gasteiger partial charge >= 0.3 is 0 Å². The third-order valence-corrected chi connectivity index (χ3v) is 4.19. The van der Waals surface area contributed by atoms with Crippen molar-refractivity contribution in [3.05, 3.63) is 17.0 Å². The van der Waals surface area contributed by atoms with Crippen molar-refractivity contribution in [2.24, 2.45) is 0 Å². The summed E-state index contributed by atoms with van der Waals surface area (Å²) in [5.41, 5.74) is 3.61. The Morgan fingerprint density at radius 1 is 1.26 bits per heavy atom. The van der Waals surface area contributed by atoms with Crippen molar-refractivity contribution in [2.45, 2.75) is 46.2 Å². The molecule has 1 aromatic rings. The van der Waals surface area contributed by atoms with Crippen LogP contribution < -0.4 is 5.32 Å². The molecule has 0 unspecified atom stereocenters. The first-order chi connectivity index (χ1) is 8.92. The van der Waals surface area contributed by atoms with Gasteiger partial charge in [-0.3, -0.25) is 4.68 Å². The fourth-order valence-corrected chi connectivity index (χ4v) is 2.96. The van der Waals surface area contributed by atoms with E-state index < -0.39 is 9.84 Å². The predicted molar refractivity (Wildman–Crippen MR) is 78.1 cm³/mol. The van der Waals surface area contributed by atoms with Crippen molar-refractivity contribution < 1.29 is 8.42 Å². The van der Waals surface area contributed by atoms with Gasteiger partial charge in [0.25, 0.3) is 0 Å². The minimum absolute atomic E-state index is 0.221. The third kappa shape index (κ3) is 4.62. The number of nitrogens with one attached hydrogen (secondary N) is 1. The molecule has 0 spiro atoms. The summed E-state index contributed by atoms with van der Waals surface area (Å²) in [6.45, 7) is 5.70. The molecule has 1 aromatic heterocycles. The fourth-order valence-electron chi connectivity index (χ4n) is 2.31. The number of sulfone groups is 1. The Hall–Kier alpha value is -0.880. The number of nitrogens with zero attached hydrogens (tertiary/aromatic N) is 2. The van der Waals surface area contributed by atoms with Crippen LogP contribution in [-0.2, 0) is 35.8 Å².